The minimum absolute atomic E-state index is 0.00901. The van der Waals surface area contributed by atoms with Crippen molar-refractivity contribution in [2.75, 3.05) is 5.32 Å². The summed E-state index contributed by atoms with van der Waals surface area (Å²) in [4.78, 5) is 24.6. The number of nitrogens with one attached hydrogen (secondary N) is 1. The number of primary amides is 1. The molecule has 4 rings (SSSR count). The maximum Gasteiger partial charge on any atom is 0.256 e. The largest absolute Gasteiger partial charge is 0.365 e. The predicted molar refractivity (Wildman–Crippen MR) is 121 cm³/mol. The zero-order chi connectivity index (χ0) is 22.7. The maximum absolute atomic E-state index is 12.4. The van der Waals surface area contributed by atoms with Gasteiger partial charge in [0.25, 0.3) is 11.8 Å². The van der Waals surface area contributed by atoms with Crippen LogP contribution in [0.25, 0.3) is 23.0 Å². The molecule has 0 aliphatic carbocycles. The van der Waals surface area contributed by atoms with Crippen LogP contribution in [0.2, 0.25) is 0 Å². The fourth-order valence-electron chi connectivity index (χ4n) is 3.47. The first kappa shape index (κ1) is 20.8. The number of anilines is 1. The van der Waals surface area contributed by atoms with Crippen LogP contribution < -0.4 is 11.1 Å². The van der Waals surface area contributed by atoms with E-state index in [0.29, 0.717) is 11.3 Å². The third-order valence-corrected chi connectivity index (χ3v) is 4.93. The normalized spacial score (nSPS) is 11.1. The molecule has 8 heteroatoms. The molecule has 2 amide bonds. The summed E-state index contributed by atoms with van der Waals surface area (Å²) < 4.78 is 7.06. The van der Waals surface area contributed by atoms with E-state index in [9.17, 15) is 9.59 Å². The highest BCUT2D eigenvalue weighted by Gasteiger charge is 2.27. The molecular weight excluding hydrogens is 406 g/mol. The molecule has 0 spiro atoms. The number of aryl methyl sites for hydroxylation is 1. The summed E-state index contributed by atoms with van der Waals surface area (Å²) in [5.74, 6) is -1.36. The van der Waals surface area contributed by atoms with Crippen molar-refractivity contribution in [1.82, 2.24) is 14.9 Å². The van der Waals surface area contributed by atoms with E-state index in [1.165, 1.54) is 6.08 Å². The average molecular weight is 427 g/mol. The molecule has 2 heterocycles. The number of benzene rings is 2. The molecule has 0 fully saturated rings. The topological polar surface area (TPSA) is 116 Å². The second-order valence-corrected chi connectivity index (χ2v) is 7.13. The maximum atomic E-state index is 12.4. The molecule has 0 aliphatic heterocycles. The van der Waals surface area contributed by atoms with Gasteiger partial charge in [-0.2, -0.15) is 5.10 Å². The third-order valence-electron chi connectivity index (χ3n) is 4.93. The molecule has 0 saturated heterocycles. The summed E-state index contributed by atoms with van der Waals surface area (Å²) in [5.41, 5.74) is 9.58. The molecule has 4 aromatic rings. The highest BCUT2D eigenvalue weighted by molar-refractivity contribution is 6.09. The Morgan fingerprint density at radius 1 is 1.03 bits per heavy atom. The third kappa shape index (κ3) is 4.06. The lowest BCUT2D eigenvalue weighted by Gasteiger charge is -2.05. The van der Waals surface area contributed by atoms with Gasteiger partial charge in [0.05, 0.1) is 17.1 Å². The SMILES string of the molecule is Cc1nn(-c2ccccc2)c(C)c1-c1noc(NC(=O)/C=C/c2ccccc2)c1C(N)=O. The molecule has 160 valence electrons. The van der Waals surface area contributed by atoms with Crippen molar-refractivity contribution in [1.29, 1.82) is 0 Å². The van der Waals surface area contributed by atoms with E-state index in [4.69, 9.17) is 10.3 Å². The number of para-hydroxylation sites is 1. The Balaban J connectivity index is 1.68. The van der Waals surface area contributed by atoms with Gasteiger partial charge < -0.3 is 10.3 Å². The molecule has 2 aromatic carbocycles. The number of nitrogens with two attached hydrogens (primary N) is 1. The first-order valence-corrected chi connectivity index (χ1v) is 9.91. The monoisotopic (exact) mass is 427 g/mol. The van der Waals surface area contributed by atoms with Crippen molar-refractivity contribution < 1.29 is 14.1 Å². The van der Waals surface area contributed by atoms with Crippen molar-refractivity contribution in [2.24, 2.45) is 5.73 Å². The molecular formula is C24H21N5O3. The molecule has 8 nitrogen and oxygen atoms in total. The van der Waals surface area contributed by atoms with Gasteiger partial charge in [-0.3, -0.25) is 14.9 Å². The fourth-order valence-corrected chi connectivity index (χ4v) is 3.47. The van der Waals surface area contributed by atoms with E-state index in [2.05, 4.69) is 15.6 Å². The van der Waals surface area contributed by atoms with Crippen molar-refractivity contribution in [2.45, 2.75) is 13.8 Å². The minimum Gasteiger partial charge on any atom is -0.365 e. The second-order valence-electron chi connectivity index (χ2n) is 7.13. The van der Waals surface area contributed by atoms with Gasteiger partial charge in [-0.25, -0.2) is 4.68 Å². The van der Waals surface area contributed by atoms with Gasteiger partial charge >= 0.3 is 0 Å². The minimum atomic E-state index is -0.769. The van der Waals surface area contributed by atoms with Crippen LogP contribution >= 0.6 is 0 Å². The van der Waals surface area contributed by atoms with E-state index in [1.54, 1.807) is 10.8 Å². The summed E-state index contributed by atoms with van der Waals surface area (Å²) >= 11 is 0. The number of hydrogen-bond acceptors (Lipinski definition) is 5. The Labute approximate surface area is 184 Å². The highest BCUT2D eigenvalue weighted by atomic mass is 16.5. The molecule has 0 aliphatic rings. The Kier molecular flexibility index (Phi) is 5.67. The van der Waals surface area contributed by atoms with Crippen LogP contribution in [0, 0.1) is 13.8 Å². The van der Waals surface area contributed by atoms with Crippen LogP contribution in [0.3, 0.4) is 0 Å². The Hall–Kier alpha value is -4.46. The Morgan fingerprint density at radius 3 is 2.34 bits per heavy atom. The van der Waals surface area contributed by atoms with Crippen LogP contribution in [0.15, 0.2) is 71.3 Å². The van der Waals surface area contributed by atoms with E-state index >= 15 is 0 Å². The summed E-state index contributed by atoms with van der Waals surface area (Å²) in [7, 11) is 0. The van der Waals surface area contributed by atoms with Gasteiger partial charge in [0, 0.05) is 11.6 Å². The van der Waals surface area contributed by atoms with Crippen molar-refractivity contribution >= 4 is 23.8 Å². The lowest BCUT2D eigenvalue weighted by Crippen LogP contribution is -2.16. The molecule has 0 radical (unpaired) electrons. The zero-order valence-corrected chi connectivity index (χ0v) is 17.6. The standard InChI is InChI=1S/C24H21N5O3/c1-15-20(16(2)29(27-15)18-11-7-4-8-12-18)22-21(23(25)31)24(32-28-22)26-19(30)14-13-17-9-5-3-6-10-17/h3-14H,1-2H3,(H2,25,31)(H,26,30)/b14-13+. The highest BCUT2D eigenvalue weighted by Crippen LogP contribution is 2.34. The van der Waals surface area contributed by atoms with Crippen LogP contribution in [0.1, 0.15) is 27.3 Å². The lowest BCUT2D eigenvalue weighted by molar-refractivity contribution is -0.112. The summed E-state index contributed by atoms with van der Waals surface area (Å²) in [6.45, 7) is 3.67. The number of rotatable bonds is 6. The summed E-state index contributed by atoms with van der Waals surface area (Å²) in [5, 5.41) is 11.2. The fraction of sp³-hybridized carbons (Fsp3) is 0.0833. The number of amides is 2. The number of carbonyl (C=O) groups is 2. The van der Waals surface area contributed by atoms with Crippen LogP contribution in [0.5, 0.6) is 0 Å². The van der Waals surface area contributed by atoms with Crippen molar-refractivity contribution in [3.63, 3.8) is 0 Å². The van der Waals surface area contributed by atoms with E-state index in [1.807, 2.05) is 74.5 Å². The number of aromatic nitrogens is 3. The van der Waals surface area contributed by atoms with E-state index < -0.39 is 11.8 Å². The van der Waals surface area contributed by atoms with Crippen LogP contribution in [-0.4, -0.2) is 26.8 Å². The van der Waals surface area contributed by atoms with Crippen molar-refractivity contribution in [3.05, 3.63) is 89.3 Å². The lowest BCUT2D eigenvalue weighted by atomic mass is 10.1. The van der Waals surface area contributed by atoms with Gasteiger partial charge in [-0.05, 0) is 37.6 Å². The number of hydrogen-bond donors (Lipinski definition) is 2. The van der Waals surface area contributed by atoms with Crippen LogP contribution in [-0.2, 0) is 4.79 Å². The molecule has 0 unspecified atom stereocenters. The summed E-state index contributed by atoms with van der Waals surface area (Å²) in [6.07, 6.45) is 2.99. The Bertz CT molecular complexity index is 1300. The van der Waals surface area contributed by atoms with Gasteiger partial charge in [0.1, 0.15) is 11.3 Å². The van der Waals surface area contributed by atoms with Gasteiger partial charge in [-0.1, -0.05) is 53.7 Å². The smallest absolute Gasteiger partial charge is 0.256 e. The molecule has 0 bridgehead atoms. The molecule has 2 aromatic heterocycles. The van der Waals surface area contributed by atoms with Crippen LogP contribution in [0.4, 0.5) is 5.88 Å². The predicted octanol–water partition coefficient (Wildman–Crippen LogP) is 3.89. The average Bonchev–Trinajstić information content (AvgIpc) is 3.33. The molecule has 32 heavy (non-hydrogen) atoms. The van der Waals surface area contributed by atoms with Gasteiger partial charge in [0.2, 0.25) is 5.88 Å². The zero-order valence-electron chi connectivity index (χ0n) is 17.6. The number of carbonyl (C=O) groups excluding carboxylic acids is 2. The molecule has 3 N–H and O–H groups in total. The first-order valence-electron chi connectivity index (χ1n) is 9.91. The first-order chi connectivity index (χ1) is 15.5. The second kappa shape index (κ2) is 8.73. The van der Waals surface area contributed by atoms with E-state index in [-0.39, 0.29) is 17.1 Å². The van der Waals surface area contributed by atoms with Crippen molar-refractivity contribution in [3.8, 4) is 16.9 Å². The van der Waals surface area contributed by atoms with E-state index in [0.717, 1.165) is 16.9 Å². The van der Waals surface area contributed by atoms with Gasteiger partial charge in [0.15, 0.2) is 0 Å². The number of nitrogens with zero attached hydrogens (tertiary/aromatic N) is 3. The van der Waals surface area contributed by atoms with Gasteiger partial charge in [-0.15, -0.1) is 0 Å². The quantitative estimate of drug-likeness (QED) is 0.453. The molecule has 0 atom stereocenters. The summed E-state index contributed by atoms with van der Waals surface area (Å²) in [6, 6.07) is 18.9. The Morgan fingerprint density at radius 2 is 1.69 bits per heavy atom. The molecule has 0 saturated carbocycles.